The van der Waals surface area contributed by atoms with Gasteiger partial charge in [-0.15, -0.1) is 0 Å². The first-order chi connectivity index (χ1) is 16.4. The highest BCUT2D eigenvalue weighted by Gasteiger charge is 2.23. The van der Waals surface area contributed by atoms with Crippen molar-refractivity contribution < 1.29 is 32.7 Å². The Morgan fingerprint density at radius 3 is 2.65 bits per heavy atom. The predicted molar refractivity (Wildman–Crippen MR) is 128 cm³/mol. The number of likely N-dealkylation sites (tertiary alicyclic amines) is 1. The van der Waals surface area contributed by atoms with Gasteiger partial charge in [-0.25, -0.2) is 18.7 Å². The standard InChI is InChI=1S/C22H24F3IN4O4/c23-17-12-15(26)3-4-18(17)28-21-16(22(32)29-34-10-8-31)11-14(19(24)20(21)25)13-27-33-9-7-30-5-1-2-6-30/h3-4,11-13,28,31H,1-2,5-10H2,(H,29,32). The number of anilines is 2. The maximum absolute atomic E-state index is 15.0. The van der Waals surface area contributed by atoms with E-state index in [4.69, 9.17) is 14.8 Å². The van der Waals surface area contributed by atoms with Gasteiger partial charge in [0.2, 0.25) is 0 Å². The molecular weight excluding hydrogens is 568 g/mol. The van der Waals surface area contributed by atoms with Crippen molar-refractivity contribution in [1.82, 2.24) is 10.4 Å². The molecule has 0 aromatic heterocycles. The minimum atomic E-state index is -1.41. The summed E-state index contributed by atoms with van der Waals surface area (Å²) in [6.07, 6.45) is 3.23. The first-order valence-electron chi connectivity index (χ1n) is 10.6. The molecule has 1 fully saturated rings. The second-order valence-electron chi connectivity index (χ2n) is 7.39. The van der Waals surface area contributed by atoms with Crippen molar-refractivity contribution in [2.24, 2.45) is 5.16 Å². The van der Waals surface area contributed by atoms with Crippen molar-refractivity contribution in [3.05, 3.63) is 56.4 Å². The Balaban J connectivity index is 1.84. The Kier molecular flexibility index (Phi) is 9.92. The number of hydrogen-bond acceptors (Lipinski definition) is 7. The van der Waals surface area contributed by atoms with Gasteiger partial charge in [-0.3, -0.25) is 14.5 Å². The van der Waals surface area contributed by atoms with E-state index in [1.807, 2.05) is 28.1 Å². The third-order valence-corrected chi connectivity index (χ3v) is 5.66. The summed E-state index contributed by atoms with van der Waals surface area (Å²) in [6, 6.07) is 5.13. The molecule has 0 radical (unpaired) electrons. The molecule has 1 heterocycles. The quantitative estimate of drug-likeness (QED) is 0.160. The third-order valence-electron chi connectivity index (χ3n) is 4.99. The number of nitrogens with zero attached hydrogens (tertiary/aromatic N) is 2. The Bertz CT molecular complexity index is 1040. The van der Waals surface area contributed by atoms with Crippen LogP contribution >= 0.6 is 22.6 Å². The van der Waals surface area contributed by atoms with E-state index >= 15 is 4.39 Å². The molecule has 0 bridgehead atoms. The van der Waals surface area contributed by atoms with Crippen LogP contribution in [-0.4, -0.2) is 61.6 Å². The molecule has 0 spiro atoms. The number of carbonyl (C=O) groups is 1. The average Bonchev–Trinajstić information content (AvgIpc) is 3.33. The molecule has 34 heavy (non-hydrogen) atoms. The lowest BCUT2D eigenvalue weighted by molar-refractivity contribution is 0.0168. The number of halogens is 4. The molecule has 2 aromatic carbocycles. The molecule has 184 valence electrons. The third kappa shape index (κ3) is 7.04. The first-order valence-corrected chi connectivity index (χ1v) is 11.6. The molecule has 0 atom stereocenters. The summed E-state index contributed by atoms with van der Waals surface area (Å²) >= 11 is 1.90. The van der Waals surface area contributed by atoms with Crippen molar-refractivity contribution in [2.45, 2.75) is 12.8 Å². The van der Waals surface area contributed by atoms with E-state index < -0.39 is 29.0 Å². The van der Waals surface area contributed by atoms with E-state index in [0.717, 1.165) is 38.2 Å². The van der Waals surface area contributed by atoms with Crippen LogP contribution in [-0.2, 0) is 9.68 Å². The fraction of sp³-hybridized carbons (Fsp3) is 0.364. The SMILES string of the molecule is O=C(NOCCO)c1cc(C=NOCCN2CCCC2)c(F)c(F)c1Nc1ccc(I)cc1F. The average molecular weight is 592 g/mol. The highest BCUT2D eigenvalue weighted by Crippen LogP contribution is 2.30. The second-order valence-corrected chi connectivity index (χ2v) is 8.63. The Morgan fingerprint density at radius 1 is 1.18 bits per heavy atom. The summed E-state index contributed by atoms with van der Waals surface area (Å²) in [4.78, 5) is 24.7. The van der Waals surface area contributed by atoms with Crippen LogP contribution < -0.4 is 10.8 Å². The van der Waals surface area contributed by atoms with Gasteiger partial charge in [0.05, 0.1) is 36.4 Å². The summed E-state index contributed by atoms with van der Waals surface area (Å²) in [5, 5.41) is 14.9. The van der Waals surface area contributed by atoms with Crippen LogP contribution in [0.15, 0.2) is 29.4 Å². The first kappa shape index (κ1) is 26.2. The van der Waals surface area contributed by atoms with E-state index in [9.17, 15) is 13.6 Å². The maximum Gasteiger partial charge on any atom is 0.277 e. The Morgan fingerprint density at radius 2 is 1.94 bits per heavy atom. The number of amides is 1. The summed E-state index contributed by atoms with van der Waals surface area (Å²) in [7, 11) is 0. The predicted octanol–water partition coefficient (Wildman–Crippen LogP) is 3.55. The highest BCUT2D eigenvalue weighted by molar-refractivity contribution is 14.1. The zero-order chi connectivity index (χ0) is 24.5. The van der Waals surface area contributed by atoms with Gasteiger partial charge in [0.25, 0.3) is 5.91 Å². The summed E-state index contributed by atoms with van der Waals surface area (Å²) in [5.41, 5.74) is 0.567. The molecule has 0 unspecified atom stereocenters. The molecule has 0 saturated carbocycles. The van der Waals surface area contributed by atoms with E-state index in [1.165, 1.54) is 12.1 Å². The summed E-state index contributed by atoms with van der Waals surface area (Å²) in [6.45, 7) is 2.31. The Labute approximate surface area is 208 Å². The smallest absolute Gasteiger partial charge is 0.277 e. The molecule has 2 aromatic rings. The molecule has 3 N–H and O–H groups in total. The van der Waals surface area contributed by atoms with E-state index in [1.54, 1.807) is 6.07 Å². The molecule has 0 aliphatic carbocycles. The van der Waals surface area contributed by atoms with Gasteiger partial charge in [0.1, 0.15) is 12.4 Å². The number of hydroxylamine groups is 1. The Hall–Kier alpha value is -2.42. The van der Waals surface area contributed by atoms with Gasteiger partial charge in [-0.05, 0) is 72.8 Å². The highest BCUT2D eigenvalue weighted by atomic mass is 127. The van der Waals surface area contributed by atoms with Crippen LogP contribution in [0.2, 0.25) is 0 Å². The van der Waals surface area contributed by atoms with Gasteiger partial charge in [-0.2, -0.15) is 0 Å². The number of oxime groups is 1. The number of hydrogen-bond donors (Lipinski definition) is 3. The molecule has 1 amide bonds. The molecule has 1 saturated heterocycles. The van der Waals surface area contributed by atoms with Crippen molar-refractivity contribution in [3.63, 3.8) is 0 Å². The molecule has 1 aliphatic rings. The van der Waals surface area contributed by atoms with Crippen molar-refractivity contribution in [2.75, 3.05) is 44.8 Å². The van der Waals surface area contributed by atoms with Gasteiger partial charge in [0.15, 0.2) is 11.6 Å². The van der Waals surface area contributed by atoms with Crippen LogP contribution in [0.1, 0.15) is 28.8 Å². The van der Waals surface area contributed by atoms with Gasteiger partial charge >= 0.3 is 0 Å². The zero-order valence-corrected chi connectivity index (χ0v) is 20.3. The van der Waals surface area contributed by atoms with Gasteiger partial charge in [0, 0.05) is 15.7 Å². The number of aliphatic hydroxyl groups excluding tert-OH is 1. The van der Waals surface area contributed by atoms with Crippen LogP contribution in [0.4, 0.5) is 24.5 Å². The lowest BCUT2D eigenvalue weighted by atomic mass is 10.1. The number of benzene rings is 2. The maximum atomic E-state index is 15.0. The van der Waals surface area contributed by atoms with E-state index in [0.29, 0.717) is 10.1 Å². The molecule has 12 heteroatoms. The largest absolute Gasteiger partial charge is 0.394 e. The normalized spacial score (nSPS) is 14.0. The minimum Gasteiger partial charge on any atom is -0.394 e. The van der Waals surface area contributed by atoms with Crippen molar-refractivity contribution in [1.29, 1.82) is 0 Å². The lowest BCUT2D eigenvalue weighted by Gasteiger charge is -2.16. The van der Waals surface area contributed by atoms with Gasteiger partial charge < -0.3 is 15.3 Å². The molecule has 1 aliphatic heterocycles. The lowest BCUT2D eigenvalue weighted by Crippen LogP contribution is -2.26. The second kappa shape index (κ2) is 12.9. The van der Waals surface area contributed by atoms with Crippen LogP contribution in [0.25, 0.3) is 0 Å². The number of carbonyl (C=O) groups excluding carboxylic acids is 1. The van der Waals surface area contributed by atoms with E-state index in [-0.39, 0.29) is 36.6 Å². The molecular formula is C22H24F3IN4O4. The molecule has 8 nitrogen and oxygen atoms in total. The minimum absolute atomic E-state index is 0.157. The fourth-order valence-corrected chi connectivity index (χ4v) is 3.76. The topological polar surface area (TPSA) is 95.4 Å². The van der Waals surface area contributed by atoms with Crippen LogP contribution in [0.5, 0.6) is 0 Å². The summed E-state index contributed by atoms with van der Waals surface area (Å²) < 4.78 is 44.7. The number of nitrogens with one attached hydrogen (secondary N) is 2. The van der Waals surface area contributed by atoms with E-state index in [2.05, 4.69) is 15.4 Å². The zero-order valence-electron chi connectivity index (χ0n) is 18.1. The number of aliphatic hydroxyl groups is 1. The van der Waals surface area contributed by atoms with Crippen LogP contribution in [0, 0.1) is 21.0 Å². The monoisotopic (exact) mass is 592 g/mol. The van der Waals surface area contributed by atoms with Crippen molar-refractivity contribution in [3.8, 4) is 0 Å². The summed E-state index contributed by atoms with van der Waals surface area (Å²) in [5.74, 6) is -4.36. The van der Waals surface area contributed by atoms with Gasteiger partial charge in [-0.1, -0.05) is 5.16 Å². The number of rotatable bonds is 11. The molecule has 3 rings (SSSR count). The fourth-order valence-electron chi connectivity index (χ4n) is 3.31. The van der Waals surface area contributed by atoms with Crippen LogP contribution in [0.3, 0.4) is 0 Å². The van der Waals surface area contributed by atoms with Crippen molar-refractivity contribution >= 4 is 46.1 Å².